The summed E-state index contributed by atoms with van der Waals surface area (Å²) < 4.78 is 22.3. The van der Waals surface area contributed by atoms with Gasteiger partial charge in [0.25, 0.3) is 0 Å². The Morgan fingerprint density at radius 1 is 0.722 bits per heavy atom. The van der Waals surface area contributed by atoms with E-state index in [1.165, 1.54) is 5.56 Å². The second-order valence-corrected chi connectivity index (χ2v) is 8.81. The van der Waals surface area contributed by atoms with Gasteiger partial charge in [0.05, 0.1) is 13.2 Å². The molecular weight excluding hydrogens is 456 g/mol. The fourth-order valence-corrected chi connectivity index (χ4v) is 3.67. The Bertz CT molecular complexity index is 1000. The van der Waals surface area contributed by atoms with Gasteiger partial charge in [-0.25, -0.2) is 9.59 Å². The zero-order valence-corrected chi connectivity index (χ0v) is 21.5. The molecule has 1 aliphatic heterocycles. The van der Waals surface area contributed by atoms with E-state index in [4.69, 9.17) is 18.9 Å². The van der Waals surface area contributed by atoms with Gasteiger partial charge in [0.15, 0.2) is 18.5 Å². The number of ether oxygens (including phenoxy) is 4. The topological polar surface area (TPSA) is 71.1 Å². The van der Waals surface area contributed by atoms with Gasteiger partial charge < -0.3 is 18.9 Å². The molecular formula is C30H36O6. The van der Waals surface area contributed by atoms with Crippen molar-refractivity contribution < 1.29 is 28.5 Å². The summed E-state index contributed by atoms with van der Waals surface area (Å²) in [7, 11) is 0. The number of hydrogen-bond donors (Lipinski definition) is 0. The van der Waals surface area contributed by atoms with E-state index in [2.05, 4.69) is 30.9 Å². The fraction of sp³-hybridized carbons (Fsp3) is 0.467. The van der Waals surface area contributed by atoms with Gasteiger partial charge in [0.1, 0.15) is 0 Å². The van der Waals surface area contributed by atoms with E-state index in [-0.39, 0.29) is 13.2 Å². The zero-order chi connectivity index (χ0) is 25.8. The molecule has 36 heavy (non-hydrogen) atoms. The average molecular weight is 493 g/mol. The van der Waals surface area contributed by atoms with Gasteiger partial charge in [-0.1, -0.05) is 76.1 Å². The highest BCUT2D eigenvalue weighted by Gasteiger charge is 2.47. The molecule has 6 nitrogen and oxygen atoms in total. The van der Waals surface area contributed by atoms with Gasteiger partial charge >= 0.3 is 11.9 Å². The van der Waals surface area contributed by atoms with Crippen molar-refractivity contribution in [1.82, 2.24) is 0 Å². The van der Waals surface area contributed by atoms with Crippen molar-refractivity contribution in [3.05, 3.63) is 70.8 Å². The summed E-state index contributed by atoms with van der Waals surface area (Å²) in [6.45, 7) is 6.71. The number of benzene rings is 2. The van der Waals surface area contributed by atoms with E-state index in [1.54, 1.807) is 0 Å². The summed E-state index contributed by atoms with van der Waals surface area (Å²) in [4.78, 5) is 25.2. The van der Waals surface area contributed by atoms with Crippen LogP contribution in [0.15, 0.2) is 48.5 Å². The Morgan fingerprint density at radius 2 is 1.19 bits per heavy atom. The van der Waals surface area contributed by atoms with Crippen molar-refractivity contribution in [3.63, 3.8) is 0 Å². The number of unbranched alkanes of at least 4 members (excludes halogenated alkanes) is 2. The number of hydrogen-bond acceptors (Lipinski definition) is 6. The summed E-state index contributed by atoms with van der Waals surface area (Å²) in [5.74, 6) is 5.11. The molecule has 192 valence electrons. The number of carbonyl (C=O) groups is 2. The fourth-order valence-electron chi connectivity index (χ4n) is 3.67. The molecule has 2 atom stereocenters. The van der Waals surface area contributed by atoms with Crippen molar-refractivity contribution in [3.8, 4) is 11.8 Å². The second kappa shape index (κ2) is 14.4. The largest absolute Gasteiger partial charge is 0.464 e. The lowest BCUT2D eigenvalue weighted by Gasteiger charge is -2.14. The Balaban J connectivity index is 1.67. The van der Waals surface area contributed by atoms with E-state index < -0.39 is 30.4 Å². The van der Waals surface area contributed by atoms with Crippen LogP contribution < -0.4 is 0 Å². The predicted molar refractivity (Wildman–Crippen MR) is 137 cm³/mol. The average Bonchev–Trinajstić information content (AvgIpc) is 3.35. The molecule has 2 aromatic rings. The van der Waals surface area contributed by atoms with Crippen LogP contribution in [-0.4, -0.2) is 37.4 Å². The molecule has 0 unspecified atom stereocenters. The van der Waals surface area contributed by atoms with Crippen molar-refractivity contribution >= 4 is 11.9 Å². The Kier molecular flexibility index (Phi) is 11.0. The molecule has 0 N–H and O–H groups in total. The van der Waals surface area contributed by atoms with Crippen molar-refractivity contribution in [1.29, 1.82) is 0 Å². The monoisotopic (exact) mass is 492 g/mol. The van der Waals surface area contributed by atoms with Crippen LogP contribution in [0.5, 0.6) is 0 Å². The summed E-state index contributed by atoms with van der Waals surface area (Å²) in [5, 5.41) is 0. The van der Waals surface area contributed by atoms with Crippen LogP contribution in [-0.2, 0) is 35.0 Å². The molecule has 6 heteroatoms. The summed E-state index contributed by atoms with van der Waals surface area (Å²) in [6.07, 6.45) is 2.21. The first-order chi connectivity index (χ1) is 17.5. The third kappa shape index (κ3) is 7.94. The molecule has 2 aromatic carbocycles. The Morgan fingerprint density at radius 3 is 1.64 bits per heavy atom. The first-order valence-corrected chi connectivity index (χ1v) is 12.9. The molecule has 0 bridgehead atoms. The third-order valence-electron chi connectivity index (χ3n) is 5.79. The molecule has 0 saturated carbocycles. The number of carbonyl (C=O) groups excluding carboxylic acids is 2. The molecule has 1 saturated heterocycles. The van der Waals surface area contributed by atoms with Crippen LogP contribution in [0, 0.1) is 11.8 Å². The second-order valence-electron chi connectivity index (χ2n) is 8.81. The summed E-state index contributed by atoms with van der Waals surface area (Å²) >= 11 is 0. The van der Waals surface area contributed by atoms with Crippen LogP contribution in [0.2, 0.25) is 0 Å². The first kappa shape index (κ1) is 27.4. The lowest BCUT2D eigenvalue weighted by molar-refractivity contribution is -0.163. The Hall–Kier alpha value is -3.14. The molecule has 1 fully saturated rings. The quantitative estimate of drug-likeness (QED) is 0.234. The predicted octanol–water partition coefficient (Wildman–Crippen LogP) is 5.51. The van der Waals surface area contributed by atoms with E-state index in [1.807, 2.05) is 50.2 Å². The zero-order valence-electron chi connectivity index (χ0n) is 21.5. The first-order valence-electron chi connectivity index (χ1n) is 12.9. The third-order valence-corrected chi connectivity index (χ3v) is 5.79. The maximum absolute atomic E-state index is 12.6. The number of esters is 2. The van der Waals surface area contributed by atoms with Crippen LogP contribution in [0.1, 0.15) is 81.4 Å². The number of rotatable bonds is 11. The van der Waals surface area contributed by atoms with Crippen molar-refractivity contribution in [2.24, 2.45) is 0 Å². The molecule has 3 rings (SSSR count). The molecule has 0 amide bonds. The smallest absolute Gasteiger partial charge is 0.338 e. The molecule has 0 aliphatic carbocycles. The summed E-state index contributed by atoms with van der Waals surface area (Å²) in [5.41, 5.74) is 3.78. The van der Waals surface area contributed by atoms with E-state index in [9.17, 15) is 9.59 Å². The highest BCUT2D eigenvalue weighted by Crippen LogP contribution is 2.33. The minimum Gasteiger partial charge on any atom is -0.464 e. The SMILES string of the molecule is CCCCOC(=O)[C@@H]1OC(c2ccc(C#Cc3ccc(CCC)cc3)cc2)O[C@H]1C(=O)OCCCC. The highest BCUT2D eigenvalue weighted by molar-refractivity contribution is 5.86. The molecule has 0 spiro atoms. The standard InChI is InChI=1S/C30H36O6/c1-4-7-20-33-28(31)26-27(29(32)34-21-8-5-2)36-30(35-26)25-18-16-24(17-19-25)15-14-23-12-10-22(9-6-3)11-13-23/h10-13,16-19,26-27,30H,4-9,20-21H2,1-3H3/t26-,27-/m1/s1. The molecule has 0 radical (unpaired) electrons. The minimum absolute atomic E-state index is 0.270. The number of aryl methyl sites for hydroxylation is 1. The van der Waals surface area contributed by atoms with Gasteiger partial charge in [-0.15, -0.1) is 0 Å². The van der Waals surface area contributed by atoms with Crippen molar-refractivity contribution in [2.45, 2.75) is 77.8 Å². The molecule has 1 heterocycles. The Labute approximate surface area is 214 Å². The van der Waals surface area contributed by atoms with Crippen LogP contribution in [0.25, 0.3) is 0 Å². The van der Waals surface area contributed by atoms with Crippen LogP contribution >= 0.6 is 0 Å². The lowest BCUT2D eigenvalue weighted by atomic mass is 10.1. The van der Waals surface area contributed by atoms with Gasteiger partial charge in [-0.3, -0.25) is 0 Å². The maximum Gasteiger partial charge on any atom is 0.338 e. The van der Waals surface area contributed by atoms with E-state index >= 15 is 0 Å². The van der Waals surface area contributed by atoms with Gasteiger partial charge in [-0.2, -0.15) is 0 Å². The van der Waals surface area contributed by atoms with Crippen LogP contribution in [0.4, 0.5) is 0 Å². The maximum atomic E-state index is 12.6. The van der Waals surface area contributed by atoms with Crippen molar-refractivity contribution in [2.75, 3.05) is 13.2 Å². The summed E-state index contributed by atoms with van der Waals surface area (Å²) in [6, 6.07) is 15.7. The van der Waals surface area contributed by atoms with Crippen LogP contribution in [0.3, 0.4) is 0 Å². The van der Waals surface area contributed by atoms with Gasteiger partial charge in [0, 0.05) is 16.7 Å². The van der Waals surface area contributed by atoms with Gasteiger partial charge in [0.2, 0.25) is 0 Å². The highest BCUT2D eigenvalue weighted by atomic mass is 16.8. The van der Waals surface area contributed by atoms with Gasteiger partial charge in [-0.05, 0) is 49.1 Å². The lowest BCUT2D eigenvalue weighted by Crippen LogP contribution is -2.39. The molecule has 0 aromatic heterocycles. The molecule has 1 aliphatic rings. The van der Waals surface area contributed by atoms with E-state index in [0.29, 0.717) is 5.56 Å². The minimum atomic E-state index is -1.17. The normalized spacial score (nSPS) is 17.3. The van der Waals surface area contributed by atoms with E-state index in [0.717, 1.165) is 49.7 Å².